The van der Waals surface area contributed by atoms with Gasteiger partial charge in [-0.1, -0.05) is 13.0 Å². The van der Waals surface area contributed by atoms with Crippen molar-refractivity contribution in [2.75, 3.05) is 0 Å². The van der Waals surface area contributed by atoms with E-state index >= 15 is 0 Å². The van der Waals surface area contributed by atoms with Crippen molar-refractivity contribution in [2.24, 2.45) is 16.6 Å². The Morgan fingerprint density at radius 1 is 1.62 bits per heavy atom. The van der Waals surface area contributed by atoms with E-state index in [0.717, 1.165) is 12.8 Å². The minimum atomic E-state index is -0.224. The average molecular weight is 182 g/mol. The topological polar surface area (TPSA) is 55.4 Å². The predicted molar refractivity (Wildman–Crippen MR) is 55.5 cm³/mol. The lowest BCUT2D eigenvalue weighted by atomic mass is 10.1. The van der Waals surface area contributed by atoms with Gasteiger partial charge in [-0.25, -0.2) is 0 Å². The molecule has 74 valence electrons. The number of rotatable bonds is 6. The second-order valence-corrected chi connectivity index (χ2v) is 3.12. The van der Waals surface area contributed by atoms with Crippen LogP contribution >= 0.6 is 0 Å². The molecule has 0 bridgehead atoms. The van der Waals surface area contributed by atoms with Crippen molar-refractivity contribution in [1.29, 1.82) is 0 Å². The van der Waals surface area contributed by atoms with Gasteiger partial charge in [0.15, 0.2) is 0 Å². The van der Waals surface area contributed by atoms with E-state index in [1.807, 2.05) is 19.2 Å². The maximum atomic E-state index is 10.4. The Morgan fingerprint density at radius 2 is 2.31 bits per heavy atom. The zero-order valence-corrected chi connectivity index (χ0v) is 8.36. The molecule has 1 amide bonds. The Morgan fingerprint density at radius 3 is 2.85 bits per heavy atom. The summed E-state index contributed by atoms with van der Waals surface area (Å²) in [6.45, 7) is 4.00. The first kappa shape index (κ1) is 11.9. The van der Waals surface area contributed by atoms with E-state index in [1.165, 1.54) is 0 Å². The Bertz CT molecular complexity index is 197. The first-order chi connectivity index (χ1) is 6.16. The Hall–Kier alpha value is -1.12. The molecule has 0 aliphatic carbocycles. The molecule has 13 heavy (non-hydrogen) atoms. The molecule has 1 atom stereocenters. The molecule has 0 fully saturated rings. The predicted octanol–water partition coefficient (Wildman–Crippen LogP) is 1.88. The monoisotopic (exact) mass is 182 g/mol. The van der Waals surface area contributed by atoms with Crippen LogP contribution in [0.2, 0.25) is 0 Å². The van der Waals surface area contributed by atoms with Crippen LogP contribution in [0.5, 0.6) is 0 Å². The van der Waals surface area contributed by atoms with Gasteiger partial charge in [0, 0.05) is 18.8 Å². The van der Waals surface area contributed by atoms with Crippen LogP contribution < -0.4 is 5.73 Å². The van der Waals surface area contributed by atoms with E-state index in [9.17, 15) is 4.79 Å². The van der Waals surface area contributed by atoms with Crippen LogP contribution in [-0.4, -0.2) is 12.1 Å². The molecule has 0 aliphatic heterocycles. The lowest BCUT2D eigenvalue weighted by Crippen LogP contribution is -2.10. The van der Waals surface area contributed by atoms with Gasteiger partial charge in [0.1, 0.15) is 0 Å². The molecule has 0 saturated carbocycles. The van der Waals surface area contributed by atoms with Gasteiger partial charge in [-0.15, -0.1) is 0 Å². The first-order valence-corrected chi connectivity index (χ1v) is 4.59. The van der Waals surface area contributed by atoms with Crippen LogP contribution in [0.1, 0.15) is 33.1 Å². The normalized spacial score (nSPS) is 14.0. The van der Waals surface area contributed by atoms with E-state index in [2.05, 4.69) is 11.9 Å². The molecule has 0 spiro atoms. The number of carbonyl (C=O) groups is 1. The van der Waals surface area contributed by atoms with Crippen molar-refractivity contribution in [3.63, 3.8) is 0 Å². The van der Waals surface area contributed by atoms with Crippen LogP contribution in [-0.2, 0) is 4.79 Å². The van der Waals surface area contributed by atoms with Crippen molar-refractivity contribution in [1.82, 2.24) is 0 Å². The van der Waals surface area contributed by atoms with Gasteiger partial charge in [0.2, 0.25) is 5.91 Å². The SMILES string of the molecule is C/C=C\N=CC(C)CCCC(N)=O. The van der Waals surface area contributed by atoms with E-state index < -0.39 is 0 Å². The summed E-state index contributed by atoms with van der Waals surface area (Å²) in [5.41, 5.74) is 5.02. The van der Waals surface area contributed by atoms with Crippen LogP contribution in [0.15, 0.2) is 17.3 Å². The number of aliphatic imine (C=N–C) groups is 1. The van der Waals surface area contributed by atoms with E-state index in [1.54, 1.807) is 6.20 Å². The zero-order valence-electron chi connectivity index (χ0n) is 8.36. The number of nitrogens with zero attached hydrogens (tertiary/aromatic N) is 1. The third-order valence-electron chi connectivity index (χ3n) is 1.66. The summed E-state index contributed by atoms with van der Waals surface area (Å²) in [6.07, 6.45) is 7.81. The molecule has 0 heterocycles. The Labute approximate surface area is 79.7 Å². The van der Waals surface area contributed by atoms with E-state index in [0.29, 0.717) is 12.3 Å². The number of primary amides is 1. The largest absolute Gasteiger partial charge is 0.370 e. The van der Waals surface area contributed by atoms with Crippen LogP contribution in [0.25, 0.3) is 0 Å². The minimum Gasteiger partial charge on any atom is -0.370 e. The fraction of sp³-hybridized carbons (Fsp3) is 0.600. The second kappa shape index (κ2) is 7.53. The van der Waals surface area contributed by atoms with Gasteiger partial charge in [0.05, 0.1) is 0 Å². The number of nitrogens with two attached hydrogens (primary N) is 1. The highest BCUT2D eigenvalue weighted by molar-refractivity contribution is 5.73. The third kappa shape index (κ3) is 8.79. The summed E-state index contributed by atoms with van der Waals surface area (Å²) in [5.74, 6) is 0.188. The van der Waals surface area contributed by atoms with Crippen LogP contribution in [0.4, 0.5) is 0 Å². The van der Waals surface area contributed by atoms with E-state index in [-0.39, 0.29) is 5.91 Å². The van der Waals surface area contributed by atoms with Crippen molar-refractivity contribution < 1.29 is 4.79 Å². The quantitative estimate of drug-likeness (QED) is 0.626. The van der Waals surface area contributed by atoms with Crippen molar-refractivity contribution in [3.05, 3.63) is 12.3 Å². The molecule has 0 radical (unpaired) electrons. The highest BCUT2D eigenvalue weighted by Crippen LogP contribution is 2.04. The van der Waals surface area contributed by atoms with Gasteiger partial charge in [0.25, 0.3) is 0 Å². The molecule has 0 aromatic heterocycles. The molecule has 1 unspecified atom stereocenters. The summed E-state index contributed by atoms with van der Waals surface area (Å²) in [7, 11) is 0. The standard InChI is InChI=1S/C10H18N2O/c1-3-7-12-8-9(2)5-4-6-10(11)13/h3,7-9H,4-6H2,1-2H3,(H2,11,13)/b7-3-,12-8?. The lowest BCUT2D eigenvalue weighted by Gasteiger charge is -2.02. The van der Waals surface area contributed by atoms with Gasteiger partial charge < -0.3 is 5.73 Å². The summed E-state index contributed by atoms with van der Waals surface area (Å²) in [6, 6.07) is 0. The molecular weight excluding hydrogens is 164 g/mol. The molecule has 0 aromatic carbocycles. The minimum absolute atomic E-state index is 0.224. The van der Waals surface area contributed by atoms with Crippen molar-refractivity contribution in [3.8, 4) is 0 Å². The molecule has 3 nitrogen and oxygen atoms in total. The van der Waals surface area contributed by atoms with Gasteiger partial charge in [-0.05, 0) is 25.7 Å². The summed E-state index contributed by atoms with van der Waals surface area (Å²) >= 11 is 0. The number of amides is 1. The second-order valence-electron chi connectivity index (χ2n) is 3.12. The van der Waals surface area contributed by atoms with Gasteiger partial charge in [-0.3, -0.25) is 9.79 Å². The molecule has 0 aromatic rings. The summed E-state index contributed by atoms with van der Waals surface area (Å²) in [4.78, 5) is 14.5. The zero-order chi connectivity index (χ0) is 10.1. The van der Waals surface area contributed by atoms with Crippen LogP contribution in [0, 0.1) is 5.92 Å². The number of carbonyl (C=O) groups excluding carboxylic acids is 1. The fourth-order valence-corrected chi connectivity index (χ4v) is 0.955. The van der Waals surface area contributed by atoms with Gasteiger partial charge >= 0.3 is 0 Å². The molecule has 0 aliphatic rings. The summed E-state index contributed by atoms with van der Waals surface area (Å²) in [5, 5.41) is 0. The molecule has 0 rings (SSSR count). The molecule has 3 heteroatoms. The maximum absolute atomic E-state index is 10.4. The highest BCUT2D eigenvalue weighted by Gasteiger charge is 1.99. The Balaban J connectivity index is 3.50. The maximum Gasteiger partial charge on any atom is 0.217 e. The molecular formula is C10H18N2O. The fourth-order valence-electron chi connectivity index (χ4n) is 0.955. The number of hydrogen-bond donors (Lipinski definition) is 1. The van der Waals surface area contributed by atoms with Crippen molar-refractivity contribution in [2.45, 2.75) is 33.1 Å². The molecule has 2 N–H and O–H groups in total. The molecule has 0 saturated heterocycles. The number of allylic oxidation sites excluding steroid dienone is 1. The van der Waals surface area contributed by atoms with Crippen molar-refractivity contribution >= 4 is 12.1 Å². The third-order valence-corrected chi connectivity index (χ3v) is 1.66. The van der Waals surface area contributed by atoms with Gasteiger partial charge in [-0.2, -0.15) is 0 Å². The Kier molecular flexibility index (Phi) is 6.88. The lowest BCUT2D eigenvalue weighted by molar-refractivity contribution is -0.118. The smallest absolute Gasteiger partial charge is 0.217 e. The van der Waals surface area contributed by atoms with Crippen LogP contribution in [0.3, 0.4) is 0 Å². The van der Waals surface area contributed by atoms with E-state index in [4.69, 9.17) is 5.73 Å². The summed E-state index contributed by atoms with van der Waals surface area (Å²) < 4.78 is 0. The first-order valence-electron chi connectivity index (χ1n) is 4.59. The average Bonchev–Trinajstić information content (AvgIpc) is 2.04. The number of hydrogen-bond acceptors (Lipinski definition) is 2. The highest BCUT2D eigenvalue weighted by atomic mass is 16.1.